The van der Waals surface area contributed by atoms with E-state index in [1.54, 1.807) is 0 Å². The molecule has 0 aromatic heterocycles. The first-order valence-corrected chi connectivity index (χ1v) is 8.60. The van der Waals surface area contributed by atoms with Crippen LogP contribution in [-0.4, -0.2) is 25.3 Å². The zero-order chi connectivity index (χ0) is 16.5. The highest BCUT2D eigenvalue weighted by molar-refractivity contribution is 5.24. The van der Waals surface area contributed by atoms with Crippen LogP contribution in [0.5, 0.6) is 0 Å². The molecule has 2 aliphatic rings. The minimum absolute atomic E-state index is 0.0619. The van der Waals surface area contributed by atoms with Crippen LogP contribution in [0.3, 0.4) is 0 Å². The van der Waals surface area contributed by atoms with Gasteiger partial charge in [0.05, 0.1) is 12.2 Å². The van der Waals surface area contributed by atoms with Crippen molar-refractivity contribution < 1.29 is 9.47 Å². The third-order valence-electron chi connectivity index (χ3n) is 4.81. The second-order valence-corrected chi connectivity index (χ2v) is 6.75. The third kappa shape index (κ3) is 3.23. The number of rotatable bonds is 2. The van der Waals surface area contributed by atoms with Crippen molar-refractivity contribution in [3.05, 3.63) is 70.8 Å². The van der Waals surface area contributed by atoms with Crippen LogP contribution >= 0.6 is 0 Å². The molecule has 2 aromatic rings. The summed E-state index contributed by atoms with van der Waals surface area (Å²) in [6.07, 6.45) is 0.0138. The van der Waals surface area contributed by atoms with Crippen LogP contribution in [-0.2, 0) is 9.47 Å². The fourth-order valence-corrected chi connectivity index (χ4v) is 3.30. The summed E-state index contributed by atoms with van der Waals surface area (Å²) >= 11 is 0. The van der Waals surface area contributed by atoms with E-state index in [9.17, 15) is 0 Å². The molecular weight excluding hydrogens is 300 g/mol. The molecule has 4 rings (SSSR count). The van der Waals surface area contributed by atoms with Gasteiger partial charge in [0.25, 0.3) is 0 Å². The smallest absolute Gasteiger partial charge is 0.134 e. The molecule has 0 spiro atoms. The summed E-state index contributed by atoms with van der Waals surface area (Å²) in [5.74, 6) is 0. The van der Waals surface area contributed by atoms with Gasteiger partial charge in [0.1, 0.15) is 12.5 Å². The van der Waals surface area contributed by atoms with Crippen LogP contribution in [0.4, 0.5) is 0 Å². The number of aryl methyl sites for hydroxylation is 2. The monoisotopic (exact) mass is 324 g/mol. The second kappa shape index (κ2) is 6.65. The van der Waals surface area contributed by atoms with E-state index in [0.29, 0.717) is 0 Å². The molecule has 2 heterocycles. The molecular formula is C20H24N2O2. The molecule has 4 nitrogen and oxygen atoms in total. The van der Waals surface area contributed by atoms with Crippen LogP contribution < -0.4 is 10.6 Å². The first kappa shape index (κ1) is 15.8. The van der Waals surface area contributed by atoms with Crippen molar-refractivity contribution in [3.63, 3.8) is 0 Å². The van der Waals surface area contributed by atoms with E-state index < -0.39 is 0 Å². The summed E-state index contributed by atoms with van der Waals surface area (Å²) in [6.45, 7) is 5.79. The van der Waals surface area contributed by atoms with Gasteiger partial charge in [-0.2, -0.15) is 0 Å². The molecule has 0 bridgehead atoms. The molecule has 0 aliphatic carbocycles. The lowest BCUT2D eigenvalue weighted by atomic mass is 10.0. The average molecular weight is 324 g/mol. The van der Waals surface area contributed by atoms with Crippen LogP contribution in [0.1, 0.15) is 34.7 Å². The van der Waals surface area contributed by atoms with Crippen LogP contribution in [0.25, 0.3) is 0 Å². The Morgan fingerprint density at radius 1 is 0.667 bits per heavy atom. The Kier molecular flexibility index (Phi) is 4.37. The molecule has 2 fully saturated rings. The summed E-state index contributed by atoms with van der Waals surface area (Å²) in [5.41, 5.74) is 4.85. The largest absolute Gasteiger partial charge is 0.352 e. The molecule has 126 valence electrons. The third-order valence-corrected chi connectivity index (χ3v) is 4.81. The van der Waals surface area contributed by atoms with Gasteiger partial charge < -0.3 is 9.47 Å². The number of benzene rings is 2. The molecule has 2 aromatic carbocycles. The van der Waals surface area contributed by atoms with Gasteiger partial charge in [-0.15, -0.1) is 0 Å². The molecule has 0 saturated carbocycles. The maximum absolute atomic E-state index is 6.22. The van der Waals surface area contributed by atoms with E-state index in [1.807, 2.05) is 0 Å². The summed E-state index contributed by atoms with van der Waals surface area (Å²) in [7, 11) is 0. The minimum Gasteiger partial charge on any atom is -0.352 e. The van der Waals surface area contributed by atoms with Crippen molar-refractivity contribution in [1.29, 1.82) is 0 Å². The van der Waals surface area contributed by atoms with E-state index in [0.717, 1.165) is 13.1 Å². The zero-order valence-corrected chi connectivity index (χ0v) is 14.2. The molecule has 2 aliphatic heterocycles. The molecule has 0 amide bonds. The van der Waals surface area contributed by atoms with Crippen molar-refractivity contribution in [2.24, 2.45) is 0 Å². The maximum Gasteiger partial charge on any atom is 0.134 e. The quantitative estimate of drug-likeness (QED) is 0.891. The van der Waals surface area contributed by atoms with E-state index in [4.69, 9.17) is 9.47 Å². The minimum atomic E-state index is -0.0619. The van der Waals surface area contributed by atoms with Crippen molar-refractivity contribution in [2.75, 3.05) is 13.1 Å². The Morgan fingerprint density at radius 2 is 1.04 bits per heavy atom. The predicted octanol–water partition coefficient (Wildman–Crippen LogP) is 2.98. The van der Waals surface area contributed by atoms with Gasteiger partial charge in [0, 0.05) is 13.1 Å². The number of nitrogens with one attached hydrogen (secondary N) is 2. The first-order chi connectivity index (χ1) is 11.7. The van der Waals surface area contributed by atoms with Crippen molar-refractivity contribution in [3.8, 4) is 0 Å². The Hall–Kier alpha value is -1.72. The molecule has 2 N–H and O–H groups in total. The summed E-state index contributed by atoms with van der Waals surface area (Å²) in [4.78, 5) is 0. The van der Waals surface area contributed by atoms with Gasteiger partial charge in [0.15, 0.2) is 0 Å². The van der Waals surface area contributed by atoms with E-state index in [1.165, 1.54) is 22.3 Å². The van der Waals surface area contributed by atoms with Gasteiger partial charge in [-0.25, -0.2) is 0 Å². The lowest BCUT2D eigenvalue weighted by Crippen LogP contribution is -2.57. The fraction of sp³-hybridized carbons (Fsp3) is 0.400. The van der Waals surface area contributed by atoms with Gasteiger partial charge in [-0.05, 0) is 25.0 Å². The van der Waals surface area contributed by atoms with Crippen molar-refractivity contribution in [1.82, 2.24) is 10.6 Å². The topological polar surface area (TPSA) is 42.5 Å². The highest BCUT2D eigenvalue weighted by atomic mass is 16.6. The first-order valence-electron chi connectivity index (χ1n) is 8.60. The number of hydrogen-bond acceptors (Lipinski definition) is 4. The standard InChI is InChI=1S/C20H24N2O2/c1-13-3-7-15(8-4-13)19-21-11-18-17(23-19)12-22-20(24-18)16-9-5-14(2)6-10-16/h3-10,17-22H,11-12H2,1-2H3/t17-,18+,19+,20-. The van der Waals surface area contributed by atoms with Crippen molar-refractivity contribution in [2.45, 2.75) is 38.5 Å². The van der Waals surface area contributed by atoms with Crippen LogP contribution in [0, 0.1) is 13.8 Å². The Balaban J connectivity index is 1.41. The second-order valence-electron chi connectivity index (χ2n) is 6.75. The Labute approximate surface area is 143 Å². The predicted molar refractivity (Wildman–Crippen MR) is 93.6 cm³/mol. The average Bonchev–Trinajstić information content (AvgIpc) is 2.62. The van der Waals surface area contributed by atoms with Gasteiger partial charge in [-0.1, -0.05) is 59.7 Å². The lowest BCUT2D eigenvalue weighted by Gasteiger charge is -2.43. The van der Waals surface area contributed by atoms with Gasteiger partial charge in [0.2, 0.25) is 0 Å². The highest BCUT2D eigenvalue weighted by Gasteiger charge is 2.37. The van der Waals surface area contributed by atoms with Gasteiger partial charge >= 0.3 is 0 Å². The van der Waals surface area contributed by atoms with E-state index in [-0.39, 0.29) is 24.7 Å². The normalized spacial score (nSPS) is 29.9. The highest BCUT2D eigenvalue weighted by Crippen LogP contribution is 2.29. The maximum atomic E-state index is 6.22. The Bertz CT molecular complexity index is 622. The van der Waals surface area contributed by atoms with Crippen LogP contribution in [0.15, 0.2) is 48.5 Å². The van der Waals surface area contributed by atoms with Crippen molar-refractivity contribution >= 4 is 0 Å². The molecule has 2 saturated heterocycles. The SMILES string of the molecule is Cc1ccc([C@@H]2NC[C@H]3O[C@@H](c4ccc(C)cc4)NC[C@@H]3O2)cc1. The van der Waals surface area contributed by atoms with Crippen LogP contribution in [0.2, 0.25) is 0 Å². The van der Waals surface area contributed by atoms with Gasteiger partial charge in [-0.3, -0.25) is 10.6 Å². The zero-order valence-electron chi connectivity index (χ0n) is 14.2. The molecule has 24 heavy (non-hydrogen) atoms. The number of ether oxygens (including phenoxy) is 2. The fourth-order valence-electron chi connectivity index (χ4n) is 3.30. The van der Waals surface area contributed by atoms with E-state index in [2.05, 4.69) is 73.0 Å². The number of hydrogen-bond donors (Lipinski definition) is 2. The molecule has 4 heteroatoms. The molecule has 0 unspecified atom stereocenters. The molecule has 4 atom stereocenters. The molecule has 0 radical (unpaired) electrons. The summed E-state index contributed by atoms with van der Waals surface area (Å²) in [5, 5.41) is 6.92. The summed E-state index contributed by atoms with van der Waals surface area (Å²) < 4.78 is 12.4. The van der Waals surface area contributed by atoms with E-state index >= 15 is 0 Å². The number of fused-ring (bicyclic) bond motifs is 1. The Morgan fingerprint density at radius 3 is 1.42 bits per heavy atom. The summed E-state index contributed by atoms with van der Waals surface area (Å²) in [6, 6.07) is 17.0. The lowest BCUT2D eigenvalue weighted by molar-refractivity contribution is -0.194.